The van der Waals surface area contributed by atoms with E-state index in [1.807, 2.05) is 0 Å². The summed E-state index contributed by atoms with van der Waals surface area (Å²) in [5.41, 5.74) is 0.761. The minimum Gasteiger partial charge on any atom is -0.507 e. The van der Waals surface area contributed by atoms with Gasteiger partial charge >= 0.3 is 5.97 Å². The molecule has 128 valence electrons. The molecule has 0 fully saturated rings. The Morgan fingerprint density at radius 2 is 1.48 bits per heavy atom. The number of hydrogen-bond donors (Lipinski definition) is 2. The number of Topliss-reactive ketones (excluding diaryl/α,β-unsaturated/α-hetero) is 1. The third kappa shape index (κ3) is 2.76. The van der Waals surface area contributed by atoms with Gasteiger partial charge in [-0.15, -0.1) is 0 Å². The number of methoxy groups -OCH3 is 1. The molecular formula is C19H16O6. The fourth-order valence-electron chi connectivity index (χ4n) is 3.20. The highest BCUT2D eigenvalue weighted by Crippen LogP contribution is 2.43. The second-order valence-electron chi connectivity index (χ2n) is 5.79. The van der Waals surface area contributed by atoms with Crippen molar-refractivity contribution in [1.82, 2.24) is 0 Å². The number of fused-ring (bicyclic) bond motifs is 2. The summed E-state index contributed by atoms with van der Waals surface area (Å²) in [5, 5.41) is 20.2. The third-order valence-electron chi connectivity index (χ3n) is 4.35. The van der Waals surface area contributed by atoms with Crippen LogP contribution in [-0.4, -0.2) is 34.9 Å². The second kappa shape index (κ2) is 6.39. The molecule has 6 heteroatoms. The maximum atomic E-state index is 12.8. The van der Waals surface area contributed by atoms with Gasteiger partial charge in [0, 0.05) is 6.42 Å². The van der Waals surface area contributed by atoms with Crippen LogP contribution >= 0.6 is 0 Å². The summed E-state index contributed by atoms with van der Waals surface area (Å²) in [5.74, 6) is -2.67. The number of carbonyl (C=O) groups excluding carboxylic acids is 3. The van der Waals surface area contributed by atoms with Crippen LogP contribution in [0.3, 0.4) is 0 Å². The molecule has 0 amide bonds. The predicted octanol–water partition coefficient (Wildman–Crippen LogP) is 2.30. The van der Waals surface area contributed by atoms with Gasteiger partial charge in [0.25, 0.3) is 0 Å². The van der Waals surface area contributed by atoms with E-state index >= 15 is 0 Å². The Bertz CT molecular complexity index is 828. The lowest BCUT2D eigenvalue weighted by atomic mass is 9.74. The van der Waals surface area contributed by atoms with Gasteiger partial charge < -0.3 is 14.9 Å². The predicted molar refractivity (Wildman–Crippen MR) is 87.7 cm³/mol. The van der Waals surface area contributed by atoms with Gasteiger partial charge in [-0.05, 0) is 23.3 Å². The highest BCUT2D eigenvalue weighted by molar-refractivity contribution is 6.18. The summed E-state index contributed by atoms with van der Waals surface area (Å²) in [7, 11) is 1.24. The van der Waals surface area contributed by atoms with Gasteiger partial charge in [0.2, 0.25) is 5.78 Å². The van der Waals surface area contributed by atoms with E-state index in [0.717, 1.165) is 0 Å². The summed E-state index contributed by atoms with van der Waals surface area (Å²) in [6.07, 6.45) is -0.155. The van der Waals surface area contributed by atoms with E-state index in [1.165, 1.54) is 19.2 Å². The number of carbonyl (C=O) groups is 3. The average Bonchev–Trinajstić information content (AvgIpc) is 2.59. The smallest absolute Gasteiger partial charge is 0.305 e. The van der Waals surface area contributed by atoms with Crippen LogP contribution in [0.2, 0.25) is 0 Å². The summed E-state index contributed by atoms with van der Waals surface area (Å²) in [4.78, 5) is 36.9. The van der Waals surface area contributed by atoms with Crippen LogP contribution < -0.4 is 0 Å². The van der Waals surface area contributed by atoms with Gasteiger partial charge in [-0.1, -0.05) is 24.3 Å². The Labute approximate surface area is 143 Å². The Balaban J connectivity index is 2.13. The maximum absolute atomic E-state index is 12.8. The van der Waals surface area contributed by atoms with Gasteiger partial charge in [-0.2, -0.15) is 0 Å². The Hall–Kier alpha value is -3.15. The lowest BCUT2D eigenvalue weighted by Crippen LogP contribution is -2.25. The van der Waals surface area contributed by atoms with Crippen molar-refractivity contribution in [2.24, 2.45) is 0 Å². The monoisotopic (exact) mass is 340 g/mol. The van der Waals surface area contributed by atoms with Crippen LogP contribution in [0, 0.1) is 0 Å². The van der Waals surface area contributed by atoms with Crippen molar-refractivity contribution < 1.29 is 29.3 Å². The first-order chi connectivity index (χ1) is 12.0. The Kier molecular flexibility index (Phi) is 4.27. The highest BCUT2D eigenvalue weighted by atomic mass is 16.5. The Morgan fingerprint density at radius 3 is 1.96 bits per heavy atom. The minimum atomic E-state index is -0.841. The van der Waals surface area contributed by atoms with Crippen molar-refractivity contribution in [3.8, 4) is 11.5 Å². The van der Waals surface area contributed by atoms with Crippen molar-refractivity contribution in [3.05, 3.63) is 58.7 Å². The molecule has 2 N–H and O–H groups in total. The number of ether oxygens (including phenoxy) is 1. The van der Waals surface area contributed by atoms with Crippen LogP contribution in [0.4, 0.5) is 0 Å². The fraction of sp³-hybridized carbons (Fsp3) is 0.211. The summed E-state index contributed by atoms with van der Waals surface area (Å²) in [6.45, 7) is 0. The molecule has 2 aromatic rings. The molecule has 2 aromatic carbocycles. The largest absolute Gasteiger partial charge is 0.507 e. The number of hydrogen-bond acceptors (Lipinski definition) is 6. The Morgan fingerprint density at radius 1 is 0.960 bits per heavy atom. The first-order valence-electron chi connectivity index (χ1n) is 7.73. The van der Waals surface area contributed by atoms with E-state index in [0.29, 0.717) is 11.1 Å². The average molecular weight is 340 g/mol. The van der Waals surface area contributed by atoms with Gasteiger partial charge in [0.15, 0.2) is 0 Å². The molecule has 1 aliphatic carbocycles. The summed E-state index contributed by atoms with van der Waals surface area (Å²) < 4.78 is 4.56. The normalized spacial score (nSPS) is 13.1. The standard InChI is InChI=1S/C19H16O6/c1-25-15(23)9-8-14(22)16-10-4-2-6-12(20)17(10)19(24)18-11(16)5-3-7-13(18)21/h2-7,16,20-21H,8-9H2,1H3. The number of esters is 1. The van der Waals surface area contributed by atoms with Crippen molar-refractivity contribution in [2.75, 3.05) is 7.11 Å². The number of aromatic hydroxyl groups is 2. The highest BCUT2D eigenvalue weighted by Gasteiger charge is 2.38. The first kappa shape index (κ1) is 16.7. The zero-order valence-electron chi connectivity index (χ0n) is 13.5. The lowest BCUT2D eigenvalue weighted by molar-refractivity contribution is -0.142. The van der Waals surface area contributed by atoms with Gasteiger partial charge in [0.05, 0.1) is 30.6 Å². The van der Waals surface area contributed by atoms with E-state index in [2.05, 4.69) is 4.74 Å². The van der Waals surface area contributed by atoms with Crippen LogP contribution in [0.5, 0.6) is 11.5 Å². The van der Waals surface area contributed by atoms with Crippen LogP contribution in [0.1, 0.15) is 45.8 Å². The molecule has 0 aromatic heterocycles. The topological polar surface area (TPSA) is 101 Å². The zero-order chi connectivity index (χ0) is 18.1. The molecule has 0 spiro atoms. The number of ketones is 2. The number of phenolic OH excluding ortho intramolecular Hbond substituents is 2. The number of benzene rings is 2. The molecule has 0 saturated carbocycles. The van der Waals surface area contributed by atoms with E-state index in [1.54, 1.807) is 24.3 Å². The quantitative estimate of drug-likeness (QED) is 0.828. The van der Waals surface area contributed by atoms with Gasteiger partial charge in [0.1, 0.15) is 17.3 Å². The number of phenols is 2. The zero-order valence-corrected chi connectivity index (χ0v) is 13.5. The lowest BCUT2D eigenvalue weighted by Gasteiger charge is -2.27. The van der Waals surface area contributed by atoms with Crippen molar-refractivity contribution >= 4 is 17.5 Å². The molecule has 25 heavy (non-hydrogen) atoms. The molecule has 0 radical (unpaired) electrons. The van der Waals surface area contributed by atoms with Crippen molar-refractivity contribution in [1.29, 1.82) is 0 Å². The first-order valence-corrected chi connectivity index (χ1v) is 7.73. The molecule has 3 rings (SSSR count). The third-order valence-corrected chi connectivity index (χ3v) is 4.35. The molecule has 0 unspecified atom stereocenters. The molecule has 0 heterocycles. The summed E-state index contributed by atoms with van der Waals surface area (Å²) >= 11 is 0. The number of rotatable bonds is 4. The van der Waals surface area contributed by atoms with E-state index < -0.39 is 17.7 Å². The molecule has 0 bridgehead atoms. The van der Waals surface area contributed by atoms with Gasteiger partial charge in [-0.25, -0.2) is 0 Å². The molecule has 1 aliphatic rings. The second-order valence-corrected chi connectivity index (χ2v) is 5.79. The summed E-state index contributed by atoms with van der Waals surface area (Å²) in [6, 6.07) is 9.02. The van der Waals surface area contributed by atoms with E-state index in [4.69, 9.17) is 0 Å². The molecule has 0 aliphatic heterocycles. The minimum absolute atomic E-state index is 0.00733. The van der Waals surface area contributed by atoms with Gasteiger partial charge in [-0.3, -0.25) is 14.4 Å². The SMILES string of the molecule is COC(=O)CCC(=O)C1c2cccc(O)c2C(=O)c2c(O)cccc21. The molecule has 6 nitrogen and oxygen atoms in total. The van der Waals surface area contributed by atoms with E-state index in [9.17, 15) is 24.6 Å². The van der Waals surface area contributed by atoms with Crippen LogP contribution in [-0.2, 0) is 14.3 Å². The van der Waals surface area contributed by atoms with Crippen molar-refractivity contribution in [2.45, 2.75) is 18.8 Å². The molecule has 0 atom stereocenters. The van der Waals surface area contributed by atoms with Crippen molar-refractivity contribution in [3.63, 3.8) is 0 Å². The van der Waals surface area contributed by atoms with Crippen LogP contribution in [0.25, 0.3) is 0 Å². The fourth-order valence-corrected chi connectivity index (χ4v) is 3.20. The molecule has 0 saturated heterocycles. The van der Waals surface area contributed by atoms with Crippen LogP contribution in [0.15, 0.2) is 36.4 Å². The molecular weight excluding hydrogens is 324 g/mol. The van der Waals surface area contributed by atoms with E-state index in [-0.39, 0.29) is 41.3 Å². The maximum Gasteiger partial charge on any atom is 0.305 e.